The van der Waals surface area contributed by atoms with E-state index in [4.69, 9.17) is 9.47 Å². The van der Waals surface area contributed by atoms with Crippen molar-refractivity contribution in [2.75, 3.05) is 31.3 Å². The molecule has 4 aromatic carbocycles. The second-order valence-corrected chi connectivity index (χ2v) is 9.29. The molecule has 0 unspecified atom stereocenters. The minimum Gasteiger partial charge on any atom is -0.491 e. The molecule has 0 spiro atoms. The lowest BCUT2D eigenvalue weighted by atomic mass is 9.68. The van der Waals surface area contributed by atoms with Gasteiger partial charge in [-0.05, 0) is 43.2 Å². The van der Waals surface area contributed by atoms with E-state index in [1.165, 1.54) is 0 Å². The lowest BCUT2D eigenvalue weighted by Crippen LogP contribution is -2.41. The molecular formula is C32H31NO5. The van der Waals surface area contributed by atoms with Crippen molar-refractivity contribution in [2.24, 2.45) is 0 Å². The Labute approximate surface area is 222 Å². The maximum atomic E-state index is 15.1. The molecule has 0 saturated heterocycles. The van der Waals surface area contributed by atoms with Crippen LogP contribution in [0.1, 0.15) is 27.8 Å². The molecule has 6 nitrogen and oxygen atoms in total. The molecule has 0 bridgehead atoms. The zero-order valence-electron chi connectivity index (χ0n) is 21.6. The summed E-state index contributed by atoms with van der Waals surface area (Å²) in [7, 11) is 0. The molecule has 1 aliphatic heterocycles. The molecule has 1 amide bonds. The number of rotatable bonds is 9. The third kappa shape index (κ3) is 4.02. The maximum absolute atomic E-state index is 15.1. The Morgan fingerprint density at radius 3 is 1.71 bits per heavy atom. The summed E-state index contributed by atoms with van der Waals surface area (Å²) in [5, 5.41) is 19.2. The van der Waals surface area contributed by atoms with Gasteiger partial charge in [0.25, 0.3) is 5.91 Å². The number of amides is 1. The van der Waals surface area contributed by atoms with Crippen LogP contribution in [0.5, 0.6) is 11.5 Å². The first-order valence-corrected chi connectivity index (χ1v) is 12.7. The predicted octanol–water partition coefficient (Wildman–Crippen LogP) is 5.06. The first-order chi connectivity index (χ1) is 18.6. The van der Waals surface area contributed by atoms with E-state index in [9.17, 15) is 10.2 Å². The van der Waals surface area contributed by atoms with Crippen molar-refractivity contribution >= 4 is 17.3 Å². The average molecular weight is 510 g/mol. The highest BCUT2D eigenvalue weighted by atomic mass is 16.5. The molecule has 1 aliphatic rings. The van der Waals surface area contributed by atoms with Crippen LogP contribution in [0.4, 0.5) is 11.4 Å². The van der Waals surface area contributed by atoms with Crippen LogP contribution in [0.25, 0.3) is 0 Å². The molecule has 0 fully saturated rings. The van der Waals surface area contributed by atoms with Gasteiger partial charge in [0.05, 0.1) is 18.9 Å². The van der Waals surface area contributed by atoms with E-state index in [0.29, 0.717) is 22.6 Å². The number of para-hydroxylation sites is 4. The molecular weight excluding hydrogens is 478 g/mol. The van der Waals surface area contributed by atoms with Gasteiger partial charge in [-0.3, -0.25) is 9.69 Å². The normalized spacial score (nSPS) is 13.9. The fraction of sp³-hybridized carbons (Fsp3) is 0.219. The molecule has 5 rings (SSSR count). The fourth-order valence-electron chi connectivity index (χ4n) is 5.45. The topological polar surface area (TPSA) is 79.2 Å². The van der Waals surface area contributed by atoms with E-state index in [1.807, 2.05) is 105 Å². The molecule has 4 aromatic rings. The summed E-state index contributed by atoms with van der Waals surface area (Å²) in [4.78, 5) is 16.8. The highest BCUT2D eigenvalue weighted by Crippen LogP contribution is 2.57. The highest BCUT2D eigenvalue weighted by Gasteiger charge is 2.56. The number of aliphatic hydroxyl groups is 2. The first-order valence-electron chi connectivity index (χ1n) is 12.7. The van der Waals surface area contributed by atoms with Gasteiger partial charge in [0, 0.05) is 22.4 Å². The summed E-state index contributed by atoms with van der Waals surface area (Å²) in [6.45, 7) is 3.74. The number of anilines is 2. The summed E-state index contributed by atoms with van der Waals surface area (Å²) >= 11 is 0. The van der Waals surface area contributed by atoms with Crippen LogP contribution in [0.3, 0.4) is 0 Å². The number of nitrogens with zero attached hydrogens (tertiary/aromatic N) is 1. The molecule has 1 heterocycles. The van der Waals surface area contributed by atoms with Crippen LogP contribution in [0.15, 0.2) is 91.0 Å². The van der Waals surface area contributed by atoms with E-state index in [-0.39, 0.29) is 32.3 Å². The van der Waals surface area contributed by atoms with Gasteiger partial charge in [-0.25, -0.2) is 0 Å². The number of ether oxygens (including phenoxy) is 2. The second-order valence-electron chi connectivity index (χ2n) is 9.29. The zero-order valence-corrected chi connectivity index (χ0v) is 21.6. The lowest BCUT2D eigenvalue weighted by Gasteiger charge is -2.34. The zero-order chi connectivity index (χ0) is 26.7. The lowest BCUT2D eigenvalue weighted by molar-refractivity contribution is -0.120. The quantitative estimate of drug-likeness (QED) is 0.330. The number of carbonyl (C=O) groups excluding carboxylic acids is 1. The molecule has 38 heavy (non-hydrogen) atoms. The minimum atomic E-state index is -1.32. The van der Waals surface area contributed by atoms with Crippen LogP contribution in [-0.4, -0.2) is 42.5 Å². The molecule has 2 N–H and O–H groups in total. The summed E-state index contributed by atoms with van der Waals surface area (Å²) in [6.07, 6.45) is 0. The van der Waals surface area contributed by atoms with Crippen molar-refractivity contribution in [3.63, 3.8) is 0 Å². The average Bonchev–Trinajstić information content (AvgIpc) is 3.20. The molecule has 0 saturated carbocycles. The largest absolute Gasteiger partial charge is 0.491 e. The smallest absolute Gasteiger partial charge is 0.251 e. The van der Waals surface area contributed by atoms with Crippen molar-refractivity contribution in [1.82, 2.24) is 0 Å². The molecule has 0 atom stereocenters. The SMILES string of the molecule is Cc1cccc(C2(c3cccc(C)c3OCCO)C(=O)N(c3ccccc3)c3ccccc32)c1OCCO. The number of hydrogen-bond donors (Lipinski definition) is 2. The maximum Gasteiger partial charge on any atom is 0.251 e. The Hall–Kier alpha value is -4.13. The summed E-state index contributed by atoms with van der Waals surface area (Å²) < 4.78 is 12.3. The standard InChI is InChI=1S/C32H31NO5/c1-22-10-8-15-26(29(22)37-20-18-34)32(27-16-9-11-23(2)30(27)38-21-19-35)25-14-6-7-17-28(25)33(31(32)36)24-12-4-3-5-13-24/h3-17,34-35H,18-21H2,1-2H3. The molecule has 6 heteroatoms. The minimum absolute atomic E-state index is 0.0911. The van der Waals surface area contributed by atoms with Crippen LogP contribution >= 0.6 is 0 Å². The van der Waals surface area contributed by atoms with E-state index >= 15 is 4.79 Å². The van der Waals surface area contributed by atoms with Crippen LogP contribution in [0, 0.1) is 13.8 Å². The Morgan fingerprint density at radius 2 is 1.16 bits per heavy atom. The number of benzene rings is 4. The van der Waals surface area contributed by atoms with Gasteiger partial charge in [0.2, 0.25) is 0 Å². The fourth-order valence-corrected chi connectivity index (χ4v) is 5.45. The number of aliphatic hydroxyl groups excluding tert-OH is 2. The van der Waals surface area contributed by atoms with Crippen molar-refractivity contribution in [3.05, 3.63) is 119 Å². The molecule has 0 aliphatic carbocycles. The number of hydrogen-bond acceptors (Lipinski definition) is 5. The van der Waals surface area contributed by atoms with E-state index in [2.05, 4.69) is 0 Å². The van der Waals surface area contributed by atoms with Crippen LogP contribution in [-0.2, 0) is 10.2 Å². The summed E-state index contributed by atoms with van der Waals surface area (Å²) in [5.74, 6) is 0.937. The molecule has 0 aromatic heterocycles. The summed E-state index contributed by atoms with van der Waals surface area (Å²) in [5.41, 5.74) is 4.04. The van der Waals surface area contributed by atoms with E-state index in [1.54, 1.807) is 4.90 Å². The van der Waals surface area contributed by atoms with Crippen molar-refractivity contribution in [1.29, 1.82) is 0 Å². The number of carbonyl (C=O) groups is 1. The van der Waals surface area contributed by atoms with Crippen LogP contribution in [0.2, 0.25) is 0 Å². The van der Waals surface area contributed by atoms with Gasteiger partial charge in [-0.15, -0.1) is 0 Å². The van der Waals surface area contributed by atoms with Crippen molar-refractivity contribution < 1.29 is 24.5 Å². The number of aryl methyl sites for hydroxylation is 2. The van der Waals surface area contributed by atoms with E-state index in [0.717, 1.165) is 28.1 Å². The predicted molar refractivity (Wildman–Crippen MR) is 147 cm³/mol. The van der Waals surface area contributed by atoms with Gasteiger partial charge in [-0.2, -0.15) is 0 Å². The Balaban J connectivity index is 1.91. The highest BCUT2D eigenvalue weighted by molar-refractivity contribution is 6.17. The molecule has 0 radical (unpaired) electrons. The van der Waals surface area contributed by atoms with Crippen LogP contribution < -0.4 is 14.4 Å². The van der Waals surface area contributed by atoms with Gasteiger partial charge in [0.15, 0.2) is 0 Å². The molecule has 194 valence electrons. The Morgan fingerprint density at radius 1 is 0.658 bits per heavy atom. The van der Waals surface area contributed by atoms with Gasteiger partial charge in [0.1, 0.15) is 30.1 Å². The Bertz CT molecular complexity index is 1390. The van der Waals surface area contributed by atoms with Gasteiger partial charge >= 0.3 is 0 Å². The Kier molecular flexibility index (Phi) is 7.18. The van der Waals surface area contributed by atoms with E-state index < -0.39 is 5.41 Å². The van der Waals surface area contributed by atoms with Crippen molar-refractivity contribution in [3.8, 4) is 11.5 Å². The van der Waals surface area contributed by atoms with Gasteiger partial charge in [-0.1, -0.05) is 72.8 Å². The third-order valence-electron chi connectivity index (χ3n) is 6.99. The third-order valence-corrected chi connectivity index (χ3v) is 6.99. The second kappa shape index (κ2) is 10.7. The van der Waals surface area contributed by atoms with Gasteiger partial charge < -0.3 is 19.7 Å². The summed E-state index contributed by atoms with van der Waals surface area (Å²) in [6, 6.07) is 28.9. The first kappa shape index (κ1) is 25.5. The number of fused-ring (bicyclic) bond motifs is 1. The van der Waals surface area contributed by atoms with Crippen molar-refractivity contribution in [2.45, 2.75) is 19.3 Å². The monoisotopic (exact) mass is 509 g/mol.